The first-order valence-corrected chi connectivity index (χ1v) is 6.98. The second-order valence-electron chi connectivity index (χ2n) is 4.83. The van der Waals surface area contributed by atoms with Gasteiger partial charge in [0.05, 0.1) is 12.3 Å². The Balaban J connectivity index is 2.77. The van der Waals surface area contributed by atoms with E-state index in [9.17, 15) is 0 Å². The maximum absolute atomic E-state index is 5.85. The molecular formula is C14H26N4O. The lowest BCUT2D eigenvalue weighted by Gasteiger charge is -2.15. The van der Waals surface area contributed by atoms with Crippen molar-refractivity contribution >= 4 is 0 Å². The zero-order chi connectivity index (χ0) is 14.3. The molecule has 108 valence electrons. The van der Waals surface area contributed by atoms with Gasteiger partial charge in [-0.15, -0.1) is 5.10 Å². The summed E-state index contributed by atoms with van der Waals surface area (Å²) in [4.78, 5) is 2.14. The number of ether oxygens (including phenoxy) is 1. The van der Waals surface area contributed by atoms with Crippen LogP contribution in [0.3, 0.4) is 0 Å². The summed E-state index contributed by atoms with van der Waals surface area (Å²) < 4.78 is 5.74. The number of aryl methyl sites for hydroxylation is 1. The summed E-state index contributed by atoms with van der Waals surface area (Å²) in [5, 5.41) is 8.43. The lowest BCUT2D eigenvalue weighted by Crippen LogP contribution is -2.17. The number of rotatable bonds is 8. The molecule has 0 amide bonds. The van der Waals surface area contributed by atoms with Crippen LogP contribution < -0.4 is 10.5 Å². The van der Waals surface area contributed by atoms with Crippen LogP contribution in [0.5, 0.6) is 5.88 Å². The molecule has 0 aliphatic rings. The monoisotopic (exact) mass is 266 g/mol. The van der Waals surface area contributed by atoms with Crippen LogP contribution in [0.4, 0.5) is 0 Å². The third-order valence-electron chi connectivity index (χ3n) is 3.11. The lowest BCUT2D eigenvalue weighted by molar-refractivity contribution is 0.267. The number of hydrogen-bond donors (Lipinski definition) is 1. The van der Waals surface area contributed by atoms with E-state index < -0.39 is 0 Å². The molecule has 5 heteroatoms. The normalized spacial score (nSPS) is 11.1. The minimum atomic E-state index is 0.453. The third kappa shape index (κ3) is 4.44. The number of nitrogens with zero attached hydrogens (tertiary/aromatic N) is 3. The van der Waals surface area contributed by atoms with E-state index in [2.05, 4.69) is 43.0 Å². The molecule has 1 aromatic rings. The van der Waals surface area contributed by atoms with Crippen LogP contribution in [-0.2, 0) is 19.4 Å². The molecule has 0 bridgehead atoms. The fourth-order valence-corrected chi connectivity index (χ4v) is 2.11. The Bertz CT molecular complexity index is 393. The summed E-state index contributed by atoms with van der Waals surface area (Å²) in [6, 6.07) is 0. The Morgan fingerprint density at radius 1 is 1.11 bits per heavy atom. The van der Waals surface area contributed by atoms with Crippen LogP contribution in [0.1, 0.15) is 37.1 Å². The highest BCUT2D eigenvalue weighted by Crippen LogP contribution is 2.22. The molecular weight excluding hydrogens is 240 g/mol. The van der Waals surface area contributed by atoms with E-state index in [4.69, 9.17) is 10.5 Å². The molecule has 0 unspecified atom stereocenters. The molecule has 0 saturated carbocycles. The Kier molecular flexibility index (Phi) is 6.73. The zero-order valence-corrected chi connectivity index (χ0v) is 12.6. The maximum atomic E-state index is 5.85. The van der Waals surface area contributed by atoms with Crippen molar-refractivity contribution in [2.24, 2.45) is 5.73 Å². The van der Waals surface area contributed by atoms with E-state index in [0.717, 1.165) is 37.1 Å². The molecule has 1 rings (SSSR count). The molecule has 0 aliphatic carbocycles. The van der Waals surface area contributed by atoms with Gasteiger partial charge in [0.15, 0.2) is 0 Å². The van der Waals surface area contributed by atoms with Crippen LogP contribution in [-0.4, -0.2) is 42.3 Å². The van der Waals surface area contributed by atoms with Crippen LogP contribution in [0.15, 0.2) is 0 Å². The molecule has 0 aliphatic heterocycles. The molecule has 5 nitrogen and oxygen atoms in total. The molecule has 1 aromatic heterocycles. The van der Waals surface area contributed by atoms with Crippen LogP contribution in [0, 0.1) is 0 Å². The second kappa shape index (κ2) is 8.07. The van der Waals surface area contributed by atoms with Gasteiger partial charge in [-0.1, -0.05) is 13.8 Å². The molecule has 1 heterocycles. The summed E-state index contributed by atoms with van der Waals surface area (Å²) in [5.74, 6) is 0.607. The van der Waals surface area contributed by atoms with Crippen molar-refractivity contribution in [3.05, 3.63) is 16.8 Å². The molecule has 0 atom stereocenters. The maximum Gasteiger partial charge on any atom is 0.238 e. The molecule has 0 spiro atoms. The van der Waals surface area contributed by atoms with Crippen LogP contribution >= 0.6 is 0 Å². The largest absolute Gasteiger partial charge is 0.476 e. The summed E-state index contributed by atoms with van der Waals surface area (Å²) in [5.41, 5.74) is 9.09. The molecule has 0 fully saturated rings. The average molecular weight is 266 g/mol. The molecule has 19 heavy (non-hydrogen) atoms. The fraction of sp³-hybridized carbons (Fsp3) is 0.714. The highest BCUT2D eigenvalue weighted by Gasteiger charge is 2.14. The van der Waals surface area contributed by atoms with E-state index in [1.54, 1.807) is 0 Å². The highest BCUT2D eigenvalue weighted by atomic mass is 16.5. The topological polar surface area (TPSA) is 64.3 Å². The van der Waals surface area contributed by atoms with Gasteiger partial charge in [-0.25, -0.2) is 0 Å². The fourth-order valence-electron chi connectivity index (χ4n) is 2.11. The Hall–Kier alpha value is -1.20. The molecule has 2 N–H and O–H groups in total. The molecule has 0 radical (unpaired) electrons. The molecule has 0 saturated heterocycles. The van der Waals surface area contributed by atoms with Crippen molar-refractivity contribution in [2.45, 2.75) is 39.7 Å². The van der Waals surface area contributed by atoms with Crippen molar-refractivity contribution in [3.8, 4) is 5.88 Å². The van der Waals surface area contributed by atoms with Gasteiger partial charge < -0.3 is 15.4 Å². The van der Waals surface area contributed by atoms with Gasteiger partial charge in [0, 0.05) is 18.7 Å². The van der Waals surface area contributed by atoms with Crippen molar-refractivity contribution in [3.63, 3.8) is 0 Å². The summed E-state index contributed by atoms with van der Waals surface area (Å²) in [6.45, 7) is 6.30. The third-order valence-corrected chi connectivity index (χ3v) is 3.11. The second-order valence-corrected chi connectivity index (χ2v) is 4.83. The van der Waals surface area contributed by atoms with Crippen molar-refractivity contribution in [1.82, 2.24) is 15.1 Å². The Labute approximate surface area is 116 Å². The minimum absolute atomic E-state index is 0.453. The first kappa shape index (κ1) is 15.9. The Morgan fingerprint density at radius 2 is 1.84 bits per heavy atom. The number of aromatic nitrogens is 2. The van der Waals surface area contributed by atoms with Crippen molar-refractivity contribution in [1.29, 1.82) is 0 Å². The first-order chi connectivity index (χ1) is 9.13. The summed E-state index contributed by atoms with van der Waals surface area (Å²) >= 11 is 0. The number of hydrogen-bond acceptors (Lipinski definition) is 5. The van der Waals surface area contributed by atoms with Crippen LogP contribution in [0.25, 0.3) is 0 Å². The lowest BCUT2D eigenvalue weighted by atomic mass is 10.0. The van der Waals surface area contributed by atoms with E-state index in [1.165, 1.54) is 5.56 Å². The van der Waals surface area contributed by atoms with E-state index >= 15 is 0 Å². The SMILES string of the molecule is CCc1nnc(OCCCN(C)C)c(CN)c1CC. The first-order valence-electron chi connectivity index (χ1n) is 6.98. The van der Waals surface area contributed by atoms with E-state index in [-0.39, 0.29) is 0 Å². The summed E-state index contributed by atoms with van der Waals surface area (Å²) in [7, 11) is 4.10. The van der Waals surface area contributed by atoms with Crippen LogP contribution in [0.2, 0.25) is 0 Å². The van der Waals surface area contributed by atoms with Gasteiger partial charge in [-0.2, -0.15) is 5.10 Å². The van der Waals surface area contributed by atoms with E-state index in [0.29, 0.717) is 19.0 Å². The predicted octanol–water partition coefficient (Wildman–Crippen LogP) is 1.39. The standard InChI is InChI=1S/C14H26N4O/c1-5-11-12(10-15)14(17-16-13(11)6-2)19-9-7-8-18(3)4/h5-10,15H2,1-4H3. The van der Waals surface area contributed by atoms with Gasteiger partial charge in [0.1, 0.15) is 0 Å². The van der Waals surface area contributed by atoms with Gasteiger partial charge in [-0.05, 0) is 38.9 Å². The minimum Gasteiger partial charge on any atom is -0.476 e. The van der Waals surface area contributed by atoms with E-state index in [1.807, 2.05) is 0 Å². The zero-order valence-electron chi connectivity index (χ0n) is 12.6. The van der Waals surface area contributed by atoms with Crippen molar-refractivity contribution < 1.29 is 4.74 Å². The van der Waals surface area contributed by atoms with Gasteiger partial charge >= 0.3 is 0 Å². The molecule has 0 aromatic carbocycles. The summed E-state index contributed by atoms with van der Waals surface area (Å²) in [6.07, 6.45) is 2.76. The quantitative estimate of drug-likeness (QED) is 0.720. The smallest absolute Gasteiger partial charge is 0.238 e. The van der Waals surface area contributed by atoms with Gasteiger partial charge in [-0.3, -0.25) is 0 Å². The van der Waals surface area contributed by atoms with Gasteiger partial charge in [0.2, 0.25) is 5.88 Å². The van der Waals surface area contributed by atoms with Crippen molar-refractivity contribution in [2.75, 3.05) is 27.2 Å². The predicted molar refractivity (Wildman–Crippen MR) is 77.3 cm³/mol. The Morgan fingerprint density at radius 3 is 2.37 bits per heavy atom. The average Bonchev–Trinajstić information content (AvgIpc) is 2.42. The highest BCUT2D eigenvalue weighted by molar-refractivity contribution is 5.36. The number of nitrogens with two attached hydrogens (primary N) is 1. The van der Waals surface area contributed by atoms with Gasteiger partial charge in [0.25, 0.3) is 0 Å².